The molecule has 0 radical (unpaired) electrons. The van der Waals surface area contributed by atoms with Gasteiger partial charge < -0.3 is 14.6 Å². The third-order valence-corrected chi connectivity index (χ3v) is 11.2. The van der Waals surface area contributed by atoms with E-state index in [1.165, 1.54) is 69.1 Å². The summed E-state index contributed by atoms with van der Waals surface area (Å²) in [7, 11) is 0. The lowest BCUT2D eigenvalue weighted by molar-refractivity contribution is -0.134. The van der Waals surface area contributed by atoms with Gasteiger partial charge in [-0.3, -0.25) is 14.5 Å². The van der Waals surface area contributed by atoms with E-state index in [0.717, 1.165) is 64.7 Å². The van der Waals surface area contributed by atoms with Gasteiger partial charge in [-0.15, -0.1) is 11.3 Å². The lowest BCUT2D eigenvalue weighted by atomic mass is 9.90. The van der Waals surface area contributed by atoms with E-state index in [0.29, 0.717) is 35.8 Å². The average molecular weight is 698 g/mol. The van der Waals surface area contributed by atoms with Crippen LogP contribution in [0.2, 0.25) is 0 Å². The van der Waals surface area contributed by atoms with Crippen molar-refractivity contribution in [3.63, 3.8) is 0 Å². The second kappa shape index (κ2) is 19.1. The summed E-state index contributed by atoms with van der Waals surface area (Å²) in [5, 5.41) is 11.0. The van der Waals surface area contributed by atoms with Gasteiger partial charge in [0.05, 0.1) is 0 Å². The predicted octanol–water partition coefficient (Wildman–Crippen LogP) is 11.1. The molecule has 2 unspecified atom stereocenters. The second-order valence-corrected chi connectivity index (χ2v) is 15.2. The highest BCUT2D eigenvalue weighted by Gasteiger charge is 2.23. The van der Waals surface area contributed by atoms with Crippen LogP contribution in [0.1, 0.15) is 114 Å². The molecule has 2 atom stereocenters. The first-order valence-electron chi connectivity index (χ1n) is 18.9. The van der Waals surface area contributed by atoms with E-state index in [1.807, 2.05) is 42.5 Å². The molecule has 1 N–H and O–H groups in total. The van der Waals surface area contributed by atoms with Gasteiger partial charge in [-0.25, -0.2) is 0 Å². The molecule has 6 nitrogen and oxygen atoms in total. The Morgan fingerprint density at radius 1 is 0.880 bits per heavy atom. The zero-order valence-electron chi connectivity index (χ0n) is 30.3. The Labute approximate surface area is 302 Å². The summed E-state index contributed by atoms with van der Waals surface area (Å²) < 4.78 is 12.6. The molecule has 1 aliphatic heterocycles. The quantitative estimate of drug-likeness (QED) is 0.0429. The van der Waals surface area contributed by atoms with Gasteiger partial charge in [-0.1, -0.05) is 72.1 Å². The molecule has 1 aliphatic rings. The first-order valence-corrected chi connectivity index (χ1v) is 19.7. The number of phenolic OH excluding ortho intramolecular Hbond substituents is 1. The molecule has 268 valence electrons. The second-order valence-electron chi connectivity index (χ2n) is 14.1. The number of likely N-dealkylation sites (tertiary alicyclic amines) is 1. The molecule has 1 aromatic heterocycles. The smallest absolute Gasteiger partial charge is 0.311 e. The number of esters is 1. The van der Waals surface area contributed by atoms with Crippen LogP contribution >= 0.6 is 11.3 Å². The molecular weight excluding hydrogens is 643 g/mol. The highest BCUT2D eigenvalue weighted by atomic mass is 32.1. The minimum Gasteiger partial charge on any atom is -0.508 e. The topological polar surface area (TPSA) is 76.1 Å². The zero-order chi connectivity index (χ0) is 35.3. The Morgan fingerprint density at radius 2 is 1.60 bits per heavy atom. The van der Waals surface area contributed by atoms with Crippen LogP contribution in [0.15, 0.2) is 66.7 Å². The fourth-order valence-electron chi connectivity index (χ4n) is 7.06. The molecule has 3 aromatic carbocycles. The molecular formula is C43H55NO5S. The summed E-state index contributed by atoms with van der Waals surface area (Å²) in [6.07, 6.45) is 13.7. The van der Waals surface area contributed by atoms with Crippen molar-refractivity contribution in [2.45, 2.75) is 97.8 Å². The van der Waals surface area contributed by atoms with E-state index >= 15 is 0 Å². The molecule has 50 heavy (non-hydrogen) atoms. The number of ether oxygens (including phenoxy) is 2. The number of benzene rings is 3. The van der Waals surface area contributed by atoms with Crippen LogP contribution in [0, 0.1) is 11.8 Å². The molecule has 5 rings (SSSR count). The molecule has 0 spiro atoms. The van der Waals surface area contributed by atoms with Crippen LogP contribution in [0.25, 0.3) is 20.5 Å². The monoisotopic (exact) mass is 697 g/mol. The zero-order valence-corrected chi connectivity index (χ0v) is 31.1. The van der Waals surface area contributed by atoms with E-state index in [9.17, 15) is 14.7 Å². The maximum Gasteiger partial charge on any atom is 0.311 e. The third-order valence-electron chi connectivity index (χ3n) is 9.97. The van der Waals surface area contributed by atoms with Crippen molar-refractivity contribution in [3.05, 3.63) is 77.9 Å². The van der Waals surface area contributed by atoms with Gasteiger partial charge in [0, 0.05) is 45.6 Å². The van der Waals surface area contributed by atoms with Crippen molar-refractivity contribution >= 4 is 33.2 Å². The van der Waals surface area contributed by atoms with Gasteiger partial charge in [0.2, 0.25) is 0 Å². The van der Waals surface area contributed by atoms with Crippen molar-refractivity contribution in [3.8, 4) is 27.7 Å². The summed E-state index contributed by atoms with van der Waals surface area (Å²) in [5.74, 6) is 2.55. The number of nitrogens with zero attached hydrogens (tertiary/aromatic N) is 1. The third kappa shape index (κ3) is 10.7. The molecule has 7 heteroatoms. The van der Waals surface area contributed by atoms with Crippen molar-refractivity contribution in [2.75, 3.05) is 26.2 Å². The number of phenols is 1. The summed E-state index contributed by atoms with van der Waals surface area (Å²) in [5.41, 5.74) is 2.02. The van der Waals surface area contributed by atoms with E-state index in [4.69, 9.17) is 9.47 Å². The van der Waals surface area contributed by atoms with E-state index in [2.05, 4.69) is 25.7 Å². The molecule has 0 saturated carbocycles. The lowest BCUT2D eigenvalue weighted by Gasteiger charge is -2.16. The van der Waals surface area contributed by atoms with Gasteiger partial charge in [0.25, 0.3) is 0 Å². The van der Waals surface area contributed by atoms with E-state index in [1.54, 1.807) is 24.3 Å². The number of thiophene rings is 1. The Balaban J connectivity index is 1.21. The van der Waals surface area contributed by atoms with Crippen LogP contribution in [-0.2, 0) is 4.79 Å². The molecule has 0 bridgehead atoms. The average Bonchev–Trinajstić information content (AvgIpc) is 3.71. The fraction of sp³-hybridized carbons (Fsp3) is 0.488. The van der Waals surface area contributed by atoms with Gasteiger partial charge in [-0.2, -0.15) is 0 Å². The Hall–Kier alpha value is -3.68. The van der Waals surface area contributed by atoms with Crippen LogP contribution in [0.5, 0.6) is 17.2 Å². The number of carbonyl (C=O) groups excluding carboxylic acids is 2. The summed E-state index contributed by atoms with van der Waals surface area (Å²) in [6.45, 7) is 10.5. The molecule has 1 fully saturated rings. The normalized spacial score (nSPS) is 15.4. The summed E-state index contributed by atoms with van der Waals surface area (Å²) in [4.78, 5) is 30.1. The van der Waals surface area contributed by atoms with Gasteiger partial charge in [-0.05, 0) is 110 Å². The van der Waals surface area contributed by atoms with E-state index < -0.39 is 0 Å². The van der Waals surface area contributed by atoms with Crippen molar-refractivity contribution in [2.24, 2.45) is 11.8 Å². The number of hydrogen-bond acceptors (Lipinski definition) is 7. The first-order chi connectivity index (χ1) is 24.3. The number of hydrogen-bond donors (Lipinski definition) is 1. The van der Waals surface area contributed by atoms with Crippen molar-refractivity contribution < 1.29 is 24.2 Å². The minimum absolute atomic E-state index is 0.0901. The maximum atomic E-state index is 14.1. The standard InChI is InChI=1S/C43H55NO5S/c1-4-6-8-9-12-32(11-7-5-2)13-10-14-40(46)49-37-22-17-34(18-23-37)43-41(38-24-19-35(45)29-39(38)50-43)42(47)33-15-20-36(21-16-33)48-28-27-44-26-25-31(3)30-44/h15-24,29,31-32,45H,4-14,25-28,30H2,1-3H3. The fourth-order valence-corrected chi connectivity index (χ4v) is 8.30. The molecule has 4 aromatic rings. The number of rotatable bonds is 20. The van der Waals surface area contributed by atoms with Gasteiger partial charge in [0.15, 0.2) is 5.78 Å². The van der Waals surface area contributed by atoms with Crippen LogP contribution in [-0.4, -0.2) is 48.0 Å². The lowest BCUT2D eigenvalue weighted by Crippen LogP contribution is -2.25. The highest BCUT2D eigenvalue weighted by Crippen LogP contribution is 2.41. The number of carbonyl (C=O) groups is 2. The SMILES string of the molecule is CCCCCCC(CCCC)CCCC(=O)Oc1ccc(-c2sc3cc(O)ccc3c2C(=O)c2ccc(OCCN3CCC(C)C3)cc2)cc1. The Kier molecular flexibility index (Phi) is 14.3. The molecule has 0 amide bonds. The predicted molar refractivity (Wildman–Crippen MR) is 206 cm³/mol. The Bertz CT molecular complexity index is 1660. The van der Waals surface area contributed by atoms with Crippen molar-refractivity contribution in [1.29, 1.82) is 0 Å². The number of unbranched alkanes of at least 4 members (excludes halogenated alkanes) is 4. The molecule has 1 saturated heterocycles. The first kappa shape index (κ1) is 37.6. The van der Waals surface area contributed by atoms with Crippen LogP contribution in [0.3, 0.4) is 0 Å². The Morgan fingerprint density at radius 3 is 2.32 bits per heavy atom. The van der Waals surface area contributed by atoms with E-state index in [-0.39, 0.29) is 17.5 Å². The number of ketones is 1. The molecule has 0 aliphatic carbocycles. The van der Waals surface area contributed by atoms with Crippen molar-refractivity contribution in [1.82, 2.24) is 4.90 Å². The molecule has 2 heterocycles. The van der Waals surface area contributed by atoms with Crippen LogP contribution in [0.4, 0.5) is 0 Å². The summed E-state index contributed by atoms with van der Waals surface area (Å²) >= 11 is 1.47. The number of aromatic hydroxyl groups is 1. The van der Waals surface area contributed by atoms with Gasteiger partial charge in [0.1, 0.15) is 23.9 Å². The maximum absolute atomic E-state index is 14.1. The highest BCUT2D eigenvalue weighted by molar-refractivity contribution is 7.22. The summed E-state index contributed by atoms with van der Waals surface area (Å²) in [6, 6.07) is 19.9. The van der Waals surface area contributed by atoms with Gasteiger partial charge >= 0.3 is 5.97 Å². The number of fused-ring (bicyclic) bond motifs is 1. The van der Waals surface area contributed by atoms with Crippen LogP contribution < -0.4 is 9.47 Å². The largest absolute Gasteiger partial charge is 0.508 e. The minimum atomic E-state index is -0.204.